The largest absolute Gasteiger partial charge is 0.499 e. The van der Waals surface area contributed by atoms with Crippen molar-refractivity contribution in [2.75, 3.05) is 106 Å². The van der Waals surface area contributed by atoms with E-state index in [2.05, 4.69) is 6.58 Å². The van der Waals surface area contributed by atoms with Crippen molar-refractivity contribution in [2.24, 2.45) is 0 Å². The maximum atomic E-state index is 5.54. The van der Waals surface area contributed by atoms with E-state index >= 15 is 0 Å². The van der Waals surface area contributed by atoms with Gasteiger partial charge in [0.05, 0.1) is 98.8 Å². The van der Waals surface area contributed by atoms with E-state index in [0.29, 0.717) is 106 Å². The van der Waals surface area contributed by atoms with Crippen molar-refractivity contribution in [3.05, 3.63) is 43.2 Å². The molecule has 0 fully saturated rings. The van der Waals surface area contributed by atoms with E-state index in [1.807, 2.05) is 30.3 Å². The van der Waals surface area contributed by atoms with Crippen LogP contribution in [0.15, 0.2) is 43.2 Å². The average Bonchev–Trinajstić information content (AvgIpc) is 2.84. The van der Waals surface area contributed by atoms with Crippen molar-refractivity contribution >= 4 is 0 Å². The zero-order valence-electron chi connectivity index (χ0n) is 19.7. The molecular formula is C24H40O9. The Bertz CT molecular complexity index is 516. The molecule has 0 aliphatic heterocycles. The number of hydrogen-bond donors (Lipinski definition) is 0. The molecule has 0 aliphatic rings. The molecule has 1 rings (SSSR count). The molecule has 9 nitrogen and oxygen atoms in total. The van der Waals surface area contributed by atoms with Crippen LogP contribution in [-0.4, -0.2) is 106 Å². The molecule has 0 atom stereocenters. The van der Waals surface area contributed by atoms with Crippen LogP contribution in [0, 0.1) is 0 Å². The molecule has 0 radical (unpaired) electrons. The van der Waals surface area contributed by atoms with E-state index in [-0.39, 0.29) is 0 Å². The highest BCUT2D eigenvalue weighted by Gasteiger charge is 1.95. The molecule has 0 unspecified atom stereocenters. The standard InChI is InChI=1S/C24H40O9/c1-2-25-8-9-26-10-11-27-12-13-28-14-15-29-16-17-30-18-19-31-20-21-32-22-23-33-24-6-4-3-5-7-24/h2-7H,1,8-23H2. The Morgan fingerprint density at radius 2 is 0.788 bits per heavy atom. The van der Waals surface area contributed by atoms with Crippen molar-refractivity contribution in [3.63, 3.8) is 0 Å². The van der Waals surface area contributed by atoms with E-state index in [0.717, 1.165) is 5.75 Å². The lowest BCUT2D eigenvalue weighted by Crippen LogP contribution is -2.15. The van der Waals surface area contributed by atoms with Gasteiger partial charge in [-0.25, -0.2) is 0 Å². The minimum Gasteiger partial charge on any atom is -0.499 e. The summed E-state index contributed by atoms with van der Waals surface area (Å²) >= 11 is 0. The van der Waals surface area contributed by atoms with E-state index in [9.17, 15) is 0 Å². The summed E-state index contributed by atoms with van der Waals surface area (Å²) in [6.07, 6.45) is 1.40. The van der Waals surface area contributed by atoms with Gasteiger partial charge in [-0.3, -0.25) is 0 Å². The molecule has 0 bridgehead atoms. The first kappa shape index (κ1) is 29.3. The van der Waals surface area contributed by atoms with Crippen LogP contribution in [0.5, 0.6) is 5.75 Å². The normalized spacial score (nSPS) is 10.9. The fourth-order valence-corrected chi connectivity index (χ4v) is 2.35. The van der Waals surface area contributed by atoms with Crippen LogP contribution < -0.4 is 4.74 Å². The number of hydrogen-bond acceptors (Lipinski definition) is 9. The lowest BCUT2D eigenvalue weighted by molar-refractivity contribution is -0.0222. The molecule has 0 saturated heterocycles. The predicted molar refractivity (Wildman–Crippen MR) is 124 cm³/mol. The molecule has 0 spiro atoms. The molecule has 0 amide bonds. The van der Waals surface area contributed by atoms with Crippen molar-refractivity contribution < 1.29 is 42.6 Å². The molecule has 190 valence electrons. The molecule has 0 N–H and O–H groups in total. The van der Waals surface area contributed by atoms with Crippen LogP contribution in [0.4, 0.5) is 0 Å². The third-order valence-electron chi connectivity index (χ3n) is 3.94. The van der Waals surface area contributed by atoms with Gasteiger partial charge in [0.25, 0.3) is 0 Å². The molecule has 1 aromatic rings. The number of rotatable bonds is 26. The van der Waals surface area contributed by atoms with Crippen LogP contribution in [0.1, 0.15) is 0 Å². The van der Waals surface area contributed by atoms with Gasteiger partial charge in [-0.15, -0.1) is 0 Å². The van der Waals surface area contributed by atoms with Gasteiger partial charge < -0.3 is 42.6 Å². The van der Waals surface area contributed by atoms with Gasteiger partial charge in [0.2, 0.25) is 0 Å². The summed E-state index contributed by atoms with van der Waals surface area (Å²) in [7, 11) is 0. The van der Waals surface area contributed by atoms with Crippen LogP contribution in [0.25, 0.3) is 0 Å². The lowest BCUT2D eigenvalue weighted by atomic mass is 10.3. The summed E-state index contributed by atoms with van der Waals surface area (Å²) in [4.78, 5) is 0. The molecule has 0 aromatic heterocycles. The number of para-hydroxylation sites is 1. The maximum Gasteiger partial charge on any atom is 0.119 e. The lowest BCUT2D eigenvalue weighted by Gasteiger charge is -2.09. The SMILES string of the molecule is C=COCCOCCOCCOCCOCCOCCOCCOCCOc1ccccc1. The van der Waals surface area contributed by atoms with Crippen molar-refractivity contribution in [3.8, 4) is 5.75 Å². The minimum absolute atomic E-state index is 0.508. The van der Waals surface area contributed by atoms with Crippen LogP contribution >= 0.6 is 0 Å². The Labute approximate surface area is 197 Å². The predicted octanol–water partition coefficient (Wildman–Crippen LogP) is 2.34. The number of benzene rings is 1. The Morgan fingerprint density at radius 3 is 1.15 bits per heavy atom. The van der Waals surface area contributed by atoms with Crippen LogP contribution in [0.2, 0.25) is 0 Å². The first-order valence-electron chi connectivity index (χ1n) is 11.4. The fourth-order valence-electron chi connectivity index (χ4n) is 2.35. The van der Waals surface area contributed by atoms with Gasteiger partial charge in [-0.1, -0.05) is 24.8 Å². The summed E-state index contributed by atoms with van der Waals surface area (Å²) in [6, 6.07) is 9.67. The van der Waals surface area contributed by atoms with E-state index < -0.39 is 0 Å². The van der Waals surface area contributed by atoms with E-state index in [1.54, 1.807) is 0 Å². The monoisotopic (exact) mass is 472 g/mol. The van der Waals surface area contributed by atoms with Crippen molar-refractivity contribution in [2.45, 2.75) is 0 Å². The summed E-state index contributed by atoms with van der Waals surface area (Å²) in [5.74, 6) is 0.847. The van der Waals surface area contributed by atoms with Gasteiger partial charge in [0.15, 0.2) is 0 Å². The smallest absolute Gasteiger partial charge is 0.119 e. The fraction of sp³-hybridized carbons (Fsp3) is 0.667. The molecule has 0 saturated carbocycles. The quantitative estimate of drug-likeness (QED) is 0.149. The first-order chi connectivity index (χ1) is 16.4. The van der Waals surface area contributed by atoms with E-state index in [1.165, 1.54) is 6.26 Å². The van der Waals surface area contributed by atoms with Gasteiger partial charge in [0, 0.05) is 0 Å². The van der Waals surface area contributed by atoms with Crippen LogP contribution in [0.3, 0.4) is 0 Å². The third kappa shape index (κ3) is 21.9. The first-order valence-corrected chi connectivity index (χ1v) is 11.4. The molecule has 0 aliphatic carbocycles. The summed E-state index contributed by atoms with van der Waals surface area (Å²) in [5, 5.41) is 0. The van der Waals surface area contributed by atoms with Gasteiger partial charge in [-0.05, 0) is 12.1 Å². The second kappa shape index (κ2) is 24.9. The zero-order valence-corrected chi connectivity index (χ0v) is 19.7. The highest BCUT2D eigenvalue weighted by molar-refractivity contribution is 5.20. The molecule has 0 heterocycles. The summed E-state index contributed by atoms with van der Waals surface area (Å²) in [6.45, 7) is 11.9. The Kier molecular flexibility index (Phi) is 22.1. The molecule has 1 aromatic carbocycles. The zero-order chi connectivity index (χ0) is 23.5. The second-order valence-electron chi connectivity index (χ2n) is 6.49. The number of ether oxygens (including phenoxy) is 9. The summed E-state index contributed by atoms with van der Waals surface area (Å²) < 4.78 is 48.4. The third-order valence-corrected chi connectivity index (χ3v) is 3.94. The Balaban J connectivity index is 1.64. The second-order valence-corrected chi connectivity index (χ2v) is 6.49. The average molecular weight is 473 g/mol. The van der Waals surface area contributed by atoms with Gasteiger partial charge in [-0.2, -0.15) is 0 Å². The maximum absolute atomic E-state index is 5.54. The van der Waals surface area contributed by atoms with Gasteiger partial charge >= 0.3 is 0 Å². The van der Waals surface area contributed by atoms with Crippen molar-refractivity contribution in [1.82, 2.24) is 0 Å². The van der Waals surface area contributed by atoms with E-state index in [4.69, 9.17) is 42.6 Å². The van der Waals surface area contributed by atoms with Crippen molar-refractivity contribution in [1.29, 1.82) is 0 Å². The molecule has 33 heavy (non-hydrogen) atoms. The Morgan fingerprint density at radius 1 is 0.455 bits per heavy atom. The highest BCUT2D eigenvalue weighted by atomic mass is 16.6. The van der Waals surface area contributed by atoms with Crippen LogP contribution in [-0.2, 0) is 37.9 Å². The Hall–Kier alpha value is -1.72. The molecular weight excluding hydrogens is 432 g/mol. The topological polar surface area (TPSA) is 83.1 Å². The van der Waals surface area contributed by atoms with Gasteiger partial charge in [0.1, 0.15) is 19.0 Å². The minimum atomic E-state index is 0.508. The summed E-state index contributed by atoms with van der Waals surface area (Å²) in [5.41, 5.74) is 0. The molecule has 9 heteroatoms. The highest BCUT2D eigenvalue weighted by Crippen LogP contribution is 2.07.